The fourth-order valence-electron chi connectivity index (χ4n) is 2.34. The third kappa shape index (κ3) is 3.48. The van der Waals surface area contributed by atoms with E-state index in [2.05, 4.69) is 32.5 Å². The molecule has 3 aromatic heterocycles. The Bertz CT molecular complexity index is 947. The minimum Gasteiger partial charge on any atom is -0.459 e. The molecule has 0 bridgehead atoms. The molecule has 0 saturated heterocycles. The first-order valence-corrected chi connectivity index (χ1v) is 8.69. The molecule has 0 aliphatic rings. The van der Waals surface area contributed by atoms with Crippen molar-refractivity contribution < 1.29 is 8.83 Å². The topological polar surface area (TPSA) is 82.8 Å². The summed E-state index contributed by atoms with van der Waals surface area (Å²) in [4.78, 5) is 0. The van der Waals surface area contributed by atoms with Gasteiger partial charge in [-0.25, -0.2) is 0 Å². The van der Waals surface area contributed by atoms with Crippen molar-refractivity contribution in [1.82, 2.24) is 25.0 Å². The molecule has 0 aliphatic carbocycles. The van der Waals surface area contributed by atoms with E-state index in [4.69, 9.17) is 8.83 Å². The third-order valence-electron chi connectivity index (χ3n) is 3.65. The van der Waals surface area contributed by atoms with Crippen LogP contribution in [0, 0.1) is 0 Å². The second-order valence-corrected chi connectivity index (χ2v) is 6.33. The fourth-order valence-corrected chi connectivity index (χ4v) is 3.11. The van der Waals surface area contributed by atoms with Crippen LogP contribution in [0.15, 0.2) is 62.7 Å². The van der Waals surface area contributed by atoms with Gasteiger partial charge in [-0.05, 0) is 17.7 Å². The van der Waals surface area contributed by atoms with Crippen molar-refractivity contribution in [1.29, 1.82) is 0 Å². The van der Waals surface area contributed by atoms with E-state index < -0.39 is 0 Å². The molecule has 0 aliphatic heterocycles. The van der Waals surface area contributed by atoms with Crippen LogP contribution in [0.4, 0.5) is 0 Å². The van der Waals surface area contributed by atoms with E-state index in [1.807, 2.05) is 29.8 Å². The molecule has 25 heavy (non-hydrogen) atoms. The summed E-state index contributed by atoms with van der Waals surface area (Å²) in [6.45, 7) is 0. The van der Waals surface area contributed by atoms with Gasteiger partial charge in [0.05, 0.1) is 12.0 Å². The van der Waals surface area contributed by atoms with Crippen molar-refractivity contribution in [3.05, 3.63) is 66.0 Å². The molecule has 8 heteroatoms. The first kappa shape index (κ1) is 15.6. The summed E-state index contributed by atoms with van der Waals surface area (Å²) in [5.41, 5.74) is 1.20. The average molecular weight is 353 g/mol. The standard InChI is InChI=1S/C17H15N5O2S/c1-22-14(10-12-6-3-2-4-7-12)18-21-17(22)25-11-15-19-20-16(24-15)13-8-5-9-23-13/h2-9H,10-11H2,1H3. The Kier molecular flexibility index (Phi) is 4.34. The second kappa shape index (κ2) is 6.94. The molecule has 126 valence electrons. The Morgan fingerprint density at radius 1 is 1.00 bits per heavy atom. The van der Waals surface area contributed by atoms with Crippen molar-refractivity contribution >= 4 is 11.8 Å². The van der Waals surface area contributed by atoms with E-state index in [1.165, 1.54) is 17.3 Å². The quantitative estimate of drug-likeness (QED) is 0.492. The van der Waals surface area contributed by atoms with Crippen LogP contribution in [-0.2, 0) is 19.2 Å². The van der Waals surface area contributed by atoms with Gasteiger partial charge in [-0.15, -0.1) is 20.4 Å². The van der Waals surface area contributed by atoms with Gasteiger partial charge in [-0.2, -0.15) is 0 Å². The van der Waals surface area contributed by atoms with Crippen LogP contribution in [0.25, 0.3) is 11.7 Å². The summed E-state index contributed by atoms with van der Waals surface area (Å²) < 4.78 is 12.8. The zero-order valence-corrected chi connectivity index (χ0v) is 14.3. The summed E-state index contributed by atoms with van der Waals surface area (Å²) in [7, 11) is 1.96. The highest BCUT2D eigenvalue weighted by atomic mass is 32.2. The van der Waals surface area contributed by atoms with Crippen LogP contribution in [0.5, 0.6) is 0 Å². The monoisotopic (exact) mass is 353 g/mol. The number of benzene rings is 1. The first-order valence-electron chi connectivity index (χ1n) is 7.71. The highest BCUT2D eigenvalue weighted by Crippen LogP contribution is 2.24. The Hall–Kier alpha value is -2.87. The van der Waals surface area contributed by atoms with E-state index in [-0.39, 0.29) is 0 Å². The Balaban J connectivity index is 1.42. The maximum Gasteiger partial charge on any atom is 0.283 e. The smallest absolute Gasteiger partial charge is 0.283 e. The van der Waals surface area contributed by atoms with Gasteiger partial charge in [-0.3, -0.25) is 0 Å². The Morgan fingerprint density at radius 2 is 1.88 bits per heavy atom. The summed E-state index contributed by atoms with van der Waals surface area (Å²) >= 11 is 1.50. The van der Waals surface area contributed by atoms with Crippen LogP contribution in [-0.4, -0.2) is 25.0 Å². The highest BCUT2D eigenvalue weighted by molar-refractivity contribution is 7.98. The summed E-state index contributed by atoms with van der Waals surface area (Å²) in [5.74, 6) is 2.89. The molecular weight excluding hydrogens is 338 g/mol. The molecule has 0 saturated carbocycles. The van der Waals surface area contributed by atoms with Crippen LogP contribution >= 0.6 is 11.8 Å². The van der Waals surface area contributed by atoms with Crippen LogP contribution < -0.4 is 0 Å². The molecule has 0 radical (unpaired) electrons. The zero-order valence-electron chi connectivity index (χ0n) is 13.5. The van der Waals surface area contributed by atoms with Gasteiger partial charge in [0.1, 0.15) is 5.82 Å². The average Bonchev–Trinajstić information content (AvgIpc) is 3.37. The number of rotatable bonds is 6. The molecule has 3 heterocycles. The first-order chi connectivity index (χ1) is 12.3. The van der Waals surface area contributed by atoms with E-state index in [0.717, 1.165) is 17.4 Å². The minimum atomic E-state index is 0.378. The second-order valence-electron chi connectivity index (χ2n) is 5.39. The van der Waals surface area contributed by atoms with Crippen molar-refractivity contribution in [2.45, 2.75) is 17.3 Å². The van der Waals surface area contributed by atoms with Crippen molar-refractivity contribution in [2.75, 3.05) is 0 Å². The summed E-state index contributed by atoms with van der Waals surface area (Å²) in [5, 5.41) is 17.4. The highest BCUT2D eigenvalue weighted by Gasteiger charge is 2.14. The molecule has 4 aromatic rings. The number of furan rings is 1. The van der Waals surface area contributed by atoms with E-state index >= 15 is 0 Å². The number of thioether (sulfide) groups is 1. The van der Waals surface area contributed by atoms with Gasteiger partial charge in [0, 0.05) is 13.5 Å². The number of hydrogen-bond donors (Lipinski definition) is 0. The molecule has 0 N–H and O–H groups in total. The molecule has 0 atom stereocenters. The lowest BCUT2D eigenvalue weighted by atomic mass is 10.1. The minimum absolute atomic E-state index is 0.378. The number of hydrogen-bond acceptors (Lipinski definition) is 7. The molecule has 0 unspecified atom stereocenters. The van der Waals surface area contributed by atoms with Crippen LogP contribution in [0.3, 0.4) is 0 Å². The van der Waals surface area contributed by atoms with Crippen LogP contribution in [0.1, 0.15) is 17.3 Å². The normalized spacial score (nSPS) is 11.1. The lowest BCUT2D eigenvalue weighted by Gasteiger charge is -2.03. The van der Waals surface area contributed by atoms with Gasteiger partial charge in [-0.1, -0.05) is 42.1 Å². The maximum absolute atomic E-state index is 5.60. The van der Waals surface area contributed by atoms with E-state index in [1.54, 1.807) is 18.4 Å². The Labute approximate surface area is 148 Å². The predicted molar refractivity (Wildman–Crippen MR) is 91.8 cm³/mol. The van der Waals surface area contributed by atoms with Gasteiger partial charge in [0.2, 0.25) is 5.89 Å². The van der Waals surface area contributed by atoms with Crippen molar-refractivity contribution in [2.24, 2.45) is 7.05 Å². The fraction of sp³-hybridized carbons (Fsp3) is 0.176. The van der Waals surface area contributed by atoms with Gasteiger partial charge < -0.3 is 13.4 Å². The van der Waals surface area contributed by atoms with Gasteiger partial charge in [0.25, 0.3) is 5.89 Å². The maximum atomic E-state index is 5.60. The molecule has 0 amide bonds. The number of nitrogens with zero attached hydrogens (tertiary/aromatic N) is 5. The van der Waals surface area contributed by atoms with Crippen molar-refractivity contribution in [3.63, 3.8) is 0 Å². The molecule has 0 fully saturated rings. The summed E-state index contributed by atoms with van der Waals surface area (Å²) in [6, 6.07) is 13.8. The lowest BCUT2D eigenvalue weighted by molar-refractivity contribution is 0.494. The molecule has 7 nitrogen and oxygen atoms in total. The number of aromatic nitrogens is 5. The molecular formula is C17H15N5O2S. The van der Waals surface area contributed by atoms with E-state index in [0.29, 0.717) is 23.3 Å². The largest absolute Gasteiger partial charge is 0.459 e. The zero-order chi connectivity index (χ0) is 17.1. The molecule has 0 spiro atoms. The van der Waals surface area contributed by atoms with Crippen molar-refractivity contribution in [3.8, 4) is 11.7 Å². The Morgan fingerprint density at radius 3 is 2.68 bits per heavy atom. The summed E-state index contributed by atoms with van der Waals surface area (Å²) in [6.07, 6.45) is 2.32. The van der Waals surface area contributed by atoms with Crippen LogP contribution in [0.2, 0.25) is 0 Å². The van der Waals surface area contributed by atoms with E-state index in [9.17, 15) is 0 Å². The third-order valence-corrected chi connectivity index (χ3v) is 4.66. The van der Waals surface area contributed by atoms with Gasteiger partial charge >= 0.3 is 0 Å². The van der Waals surface area contributed by atoms with Gasteiger partial charge in [0.15, 0.2) is 10.9 Å². The predicted octanol–water partition coefficient (Wildman–Crippen LogP) is 3.34. The molecule has 4 rings (SSSR count). The molecule has 1 aromatic carbocycles. The SMILES string of the molecule is Cn1c(Cc2ccccc2)nnc1SCc1nnc(-c2ccco2)o1. The lowest BCUT2D eigenvalue weighted by Crippen LogP contribution is -2.00.